The highest BCUT2D eigenvalue weighted by atomic mass is 16.5. The quantitative estimate of drug-likeness (QED) is 0.786. The van der Waals surface area contributed by atoms with Crippen molar-refractivity contribution in [2.45, 2.75) is 32.7 Å². The van der Waals surface area contributed by atoms with E-state index in [1.807, 2.05) is 0 Å². The number of likely N-dealkylation sites (tertiary alicyclic amines) is 1. The van der Waals surface area contributed by atoms with Gasteiger partial charge in [-0.15, -0.1) is 0 Å². The van der Waals surface area contributed by atoms with Gasteiger partial charge in [-0.2, -0.15) is 4.98 Å². The van der Waals surface area contributed by atoms with Gasteiger partial charge in [-0.25, -0.2) is 0 Å². The van der Waals surface area contributed by atoms with Gasteiger partial charge < -0.3 is 9.42 Å². The van der Waals surface area contributed by atoms with Gasteiger partial charge >= 0.3 is 0 Å². The molecule has 0 amide bonds. The topological polar surface area (TPSA) is 45.4 Å². The highest BCUT2D eigenvalue weighted by Gasteiger charge is 2.24. The maximum absolute atomic E-state index is 5.28. The summed E-state index contributed by atoms with van der Waals surface area (Å²) in [6, 6.07) is 10.7. The molecule has 2 aromatic rings. The van der Waals surface area contributed by atoms with Crippen molar-refractivity contribution in [3.63, 3.8) is 0 Å². The second-order valence-electron chi connectivity index (χ2n) is 6.49. The van der Waals surface area contributed by atoms with Crippen LogP contribution in [0.4, 0.5) is 5.95 Å². The molecule has 1 aromatic heterocycles. The maximum Gasteiger partial charge on any atom is 0.265 e. The molecule has 23 heavy (non-hydrogen) atoms. The van der Waals surface area contributed by atoms with Crippen LogP contribution in [-0.4, -0.2) is 41.7 Å². The molecule has 0 saturated carbocycles. The van der Waals surface area contributed by atoms with Crippen LogP contribution in [0.15, 0.2) is 34.9 Å². The summed E-state index contributed by atoms with van der Waals surface area (Å²) >= 11 is 0. The van der Waals surface area contributed by atoms with Crippen molar-refractivity contribution in [1.29, 1.82) is 0 Å². The second-order valence-corrected chi connectivity index (χ2v) is 6.49. The first kappa shape index (κ1) is 16.0. The molecule has 0 spiro atoms. The lowest BCUT2D eigenvalue weighted by Crippen LogP contribution is -2.28. The molecule has 1 aliphatic heterocycles. The maximum atomic E-state index is 5.28. The van der Waals surface area contributed by atoms with Crippen LogP contribution in [0.25, 0.3) is 0 Å². The van der Waals surface area contributed by atoms with E-state index in [1.165, 1.54) is 18.5 Å². The van der Waals surface area contributed by atoms with Crippen molar-refractivity contribution < 1.29 is 4.52 Å². The largest absolute Gasteiger partial charge is 0.341 e. The summed E-state index contributed by atoms with van der Waals surface area (Å²) in [6.07, 6.45) is 3.12. The molecule has 0 radical (unpaired) electrons. The molecular weight excluding hydrogens is 288 g/mol. The monoisotopic (exact) mass is 314 g/mol. The van der Waals surface area contributed by atoms with Gasteiger partial charge in [-0.1, -0.05) is 37.3 Å². The van der Waals surface area contributed by atoms with E-state index in [4.69, 9.17) is 4.52 Å². The van der Waals surface area contributed by atoms with Crippen LogP contribution < -0.4 is 4.90 Å². The zero-order valence-corrected chi connectivity index (χ0v) is 14.1. The normalized spacial score (nSPS) is 18.4. The van der Waals surface area contributed by atoms with E-state index in [-0.39, 0.29) is 0 Å². The number of nitrogens with zero attached hydrogens (tertiary/aromatic N) is 4. The fraction of sp³-hybridized carbons (Fsp3) is 0.556. The van der Waals surface area contributed by atoms with E-state index in [0.717, 1.165) is 44.3 Å². The summed E-state index contributed by atoms with van der Waals surface area (Å²) in [5.41, 5.74) is 1.39. The first-order chi connectivity index (χ1) is 11.2. The Balaban J connectivity index is 1.49. The Hall–Kier alpha value is -1.88. The molecule has 0 bridgehead atoms. The van der Waals surface area contributed by atoms with Crippen molar-refractivity contribution in [3.8, 4) is 0 Å². The Bertz CT molecular complexity index is 598. The van der Waals surface area contributed by atoms with E-state index in [9.17, 15) is 0 Å². The molecule has 5 nitrogen and oxygen atoms in total. The van der Waals surface area contributed by atoms with Gasteiger partial charge in [0.2, 0.25) is 5.89 Å². The minimum atomic E-state index is 0.664. The molecule has 1 fully saturated rings. The van der Waals surface area contributed by atoms with E-state index in [2.05, 4.69) is 64.2 Å². The minimum Gasteiger partial charge on any atom is -0.341 e. The van der Waals surface area contributed by atoms with E-state index in [0.29, 0.717) is 5.92 Å². The van der Waals surface area contributed by atoms with E-state index in [1.54, 1.807) is 0 Å². The lowest BCUT2D eigenvalue weighted by molar-refractivity contribution is 0.317. The Morgan fingerprint density at radius 2 is 2.13 bits per heavy atom. The SMILES string of the molecule is CCCc1nc(N(C)C[C@@H]2CCN(Cc3ccccc3)C2)no1. The van der Waals surface area contributed by atoms with Crippen LogP contribution in [-0.2, 0) is 13.0 Å². The van der Waals surface area contributed by atoms with Crippen molar-refractivity contribution >= 4 is 5.95 Å². The molecule has 5 heteroatoms. The first-order valence-corrected chi connectivity index (χ1v) is 8.54. The smallest absolute Gasteiger partial charge is 0.265 e. The molecule has 0 unspecified atom stereocenters. The van der Waals surface area contributed by atoms with Crippen molar-refractivity contribution in [1.82, 2.24) is 15.0 Å². The third-order valence-corrected chi connectivity index (χ3v) is 4.41. The molecule has 3 rings (SSSR count). The average molecular weight is 314 g/mol. The molecule has 1 saturated heterocycles. The number of hydrogen-bond acceptors (Lipinski definition) is 5. The third-order valence-electron chi connectivity index (χ3n) is 4.41. The number of aromatic nitrogens is 2. The number of aryl methyl sites for hydroxylation is 1. The van der Waals surface area contributed by atoms with Crippen molar-refractivity contribution in [2.75, 3.05) is 31.6 Å². The predicted molar refractivity (Wildman–Crippen MR) is 91.4 cm³/mol. The second kappa shape index (κ2) is 7.59. The fourth-order valence-corrected chi connectivity index (χ4v) is 3.23. The lowest BCUT2D eigenvalue weighted by atomic mass is 10.1. The van der Waals surface area contributed by atoms with Crippen LogP contribution in [0.3, 0.4) is 0 Å². The van der Waals surface area contributed by atoms with Gasteiger partial charge in [0, 0.05) is 33.1 Å². The number of anilines is 1. The molecule has 1 atom stereocenters. The zero-order valence-electron chi connectivity index (χ0n) is 14.1. The Labute approximate surface area is 138 Å². The molecule has 1 aromatic carbocycles. The minimum absolute atomic E-state index is 0.664. The van der Waals surface area contributed by atoms with Gasteiger partial charge in [0.25, 0.3) is 5.95 Å². The van der Waals surface area contributed by atoms with E-state index < -0.39 is 0 Å². The third kappa shape index (κ3) is 4.32. The predicted octanol–water partition coefficient (Wildman–Crippen LogP) is 2.98. The standard InChI is InChI=1S/C18H26N4O/c1-3-7-17-19-18(20-23-17)21(2)12-16-10-11-22(14-16)13-15-8-5-4-6-9-15/h4-6,8-9,16H,3,7,10-14H2,1-2H3/t16-/m0/s1. The van der Waals surface area contributed by atoms with Crippen LogP contribution >= 0.6 is 0 Å². The molecular formula is C18H26N4O. The number of benzene rings is 1. The number of rotatable bonds is 7. The summed E-state index contributed by atoms with van der Waals surface area (Å²) in [5, 5.41) is 4.09. The molecule has 0 aliphatic carbocycles. The van der Waals surface area contributed by atoms with Crippen molar-refractivity contribution in [3.05, 3.63) is 41.8 Å². The van der Waals surface area contributed by atoms with Crippen LogP contribution in [0, 0.1) is 5.92 Å². The fourth-order valence-electron chi connectivity index (χ4n) is 3.23. The van der Waals surface area contributed by atoms with Crippen LogP contribution in [0.2, 0.25) is 0 Å². The summed E-state index contributed by atoms with van der Waals surface area (Å²) in [7, 11) is 2.06. The van der Waals surface area contributed by atoms with Crippen molar-refractivity contribution in [2.24, 2.45) is 5.92 Å². The molecule has 0 N–H and O–H groups in total. The Morgan fingerprint density at radius 3 is 2.91 bits per heavy atom. The van der Waals surface area contributed by atoms with Gasteiger partial charge in [-0.05, 0) is 36.0 Å². The Kier molecular flexibility index (Phi) is 5.28. The Morgan fingerprint density at radius 1 is 1.30 bits per heavy atom. The molecule has 1 aliphatic rings. The summed E-state index contributed by atoms with van der Waals surface area (Å²) in [4.78, 5) is 9.12. The van der Waals surface area contributed by atoms with Gasteiger partial charge in [-0.3, -0.25) is 4.90 Å². The van der Waals surface area contributed by atoms with Gasteiger partial charge in [0.1, 0.15) is 0 Å². The average Bonchev–Trinajstić information content (AvgIpc) is 3.18. The highest BCUT2D eigenvalue weighted by molar-refractivity contribution is 5.26. The summed E-state index contributed by atoms with van der Waals surface area (Å²) in [5.74, 6) is 2.12. The first-order valence-electron chi connectivity index (χ1n) is 8.54. The summed E-state index contributed by atoms with van der Waals surface area (Å²) < 4.78 is 5.28. The zero-order chi connectivity index (χ0) is 16.1. The number of hydrogen-bond donors (Lipinski definition) is 0. The van der Waals surface area contributed by atoms with Crippen LogP contribution in [0.1, 0.15) is 31.2 Å². The highest BCUT2D eigenvalue weighted by Crippen LogP contribution is 2.21. The van der Waals surface area contributed by atoms with E-state index >= 15 is 0 Å². The molecule has 2 heterocycles. The summed E-state index contributed by atoms with van der Waals surface area (Å²) in [6.45, 7) is 6.45. The van der Waals surface area contributed by atoms with Crippen LogP contribution in [0.5, 0.6) is 0 Å². The van der Waals surface area contributed by atoms with Gasteiger partial charge in [0.05, 0.1) is 0 Å². The molecule has 124 valence electrons. The van der Waals surface area contributed by atoms with Gasteiger partial charge in [0.15, 0.2) is 0 Å². The lowest BCUT2D eigenvalue weighted by Gasteiger charge is -2.20.